The van der Waals surface area contributed by atoms with Crippen molar-refractivity contribution in [1.29, 1.82) is 0 Å². The molecule has 0 bridgehead atoms. The standard InChI is InChI=1S/C16H18FNO4S/c1-16(2,19)11-18(20)15-9-8-13(10-14(15)17)23(21,22)12-6-4-3-5-7-12/h3-10,19-20H,11H2,1-2H3. The molecule has 0 fully saturated rings. The lowest BCUT2D eigenvalue weighted by molar-refractivity contribution is 0.0608. The first-order valence-electron chi connectivity index (χ1n) is 6.90. The predicted octanol–water partition coefficient (Wildman–Crippen LogP) is 2.63. The molecular weight excluding hydrogens is 321 g/mol. The van der Waals surface area contributed by atoms with Crippen LogP contribution in [-0.2, 0) is 9.84 Å². The van der Waals surface area contributed by atoms with Crippen LogP contribution in [0.1, 0.15) is 13.8 Å². The van der Waals surface area contributed by atoms with Gasteiger partial charge in [-0.05, 0) is 44.2 Å². The molecule has 124 valence electrons. The van der Waals surface area contributed by atoms with E-state index in [-0.39, 0.29) is 22.0 Å². The molecule has 0 atom stereocenters. The van der Waals surface area contributed by atoms with Gasteiger partial charge in [0.25, 0.3) is 0 Å². The summed E-state index contributed by atoms with van der Waals surface area (Å²) in [6, 6.07) is 10.9. The van der Waals surface area contributed by atoms with Crippen molar-refractivity contribution < 1.29 is 23.1 Å². The molecule has 0 saturated heterocycles. The number of aliphatic hydroxyl groups is 1. The van der Waals surface area contributed by atoms with Gasteiger partial charge in [-0.2, -0.15) is 0 Å². The highest BCUT2D eigenvalue weighted by atomic mass is 32.2. The fraction of sp³-hybridized carbons (Fsp3) is 0.250. The van der Waals surface area contributed by atoms with Gasteiger partial charge in [0.2, 0.25) is 9.84 Å². The smallest absolute Gasteiger partial charge is 0.206 e. The topological polar surface area (TPSA) is 77.8 Å². The van der Waals surface area contributed by atoms with E-state index in [1.54, 1.807) is 18.2 Å². The normalized spacial score (nSPS) is 12.2. The summed E-state index contributed by atoms with van der Waals surface area (Å²) in [5.41, 5.74) is -1.45. The second-order valence-electron chi connectivity index (χ2n) is 5.80. The average molecular weight is 339 g/mol. The molecule has 0 heterocycles. The largest absolute Gasteiger partial charge is 0.389 e. The quantitative estimate of drug-likeness (QED) is 0.819. The molecule has 0 amide bonds. The molecule has 5 nitrogen and oxygen atoms in total. The van der Waals surface area contributed by atoms with Gasteiger partial charge in [0, 0.05) is 0 Å². The third-order valence-corrected chi connectivity index (χ3v) is 4.87. The summed E-state index contributed by atoms with van der Waals surface area (Å²) in [4.78, 5) is -0.147. The van der Waals surface area contributed by atoms with Gasteiger partial charge in [-0.25, -0.2) is 12.8 Å². The Morgan fingerprint density at radius 2 is 1.70 bits per heavy atom. The Balaban J connectivity index is 2.37. The van der Waals surface area contributed by atoms with Crippen LogP contribution in [0, 0.1) is 5.82 Å². The first-order valence-corrected chi connectivity index (χ1v) is 8.38. The van der Waals surface area contributed by atoms with Crippen molar-refractivity contribution in [3.63, 3.8) is 0 Å². The first kappa shape index (κ1) is 17.4. The molecule has 2 aromatic carbocycles. The van der Waals surface area contributed by atoms with Gasteiger partial charge in [0.15, 0.2) is 0 Å². The monoisotopic (exact) mass is 339 g/mol. The van der Waals surface area contributed by atoms with E-state index in [4.69, 9.17) is 0 Å². The van der Waals surface area contributed by atoms with Gasteiger partial charge >= 0.3 is 0 Å². The van der Waals surface area contributed by atoms with Gasteiger partial charge in [0.1, 0.15) is 5.82 Å². The minimum atomic E-state index is -3.83. The number of hydrogen-bond donors (Lipinski definition) is 2. The molecule has 2 rings (SSSR count). The lowest BCUT2D eigenvalue weighted by Gasteiger charge is -2.25. The number of sulfone groups is 1. The Bertz CT molecular complexity index is 785. The first-order chi connectivity index (χ1) is 10.6. The predicted molar refractivity (Wildman–Crippen MR) is 83.7 cm³/mol. The van der Waals surface area contributed by atoms with E-state index in [9.17, 15) is 23.1 Å². The van der Waals surface area contributed by atoms with Crippen molar-refractivity contribution in [2.24, 2.45) is 0 Å². The van der Waals surface area contributed by atoms with E-state index in [2.05, 4.69) is 0 Å². The van der Waals surface area contributed by atoms with Crippen molar-refractivity contribution in [3.05, 3.63) is 54.3 Å². The van der Waals surface area contributed by atoms with Crippen LogP contribution in [0.3, 0.4) is 0 Å². The summed E-state index contributed by atoms with van der Waals surface area (Å²) >= 11 is 0. The lowest BCUT2D eigenvalue weighted by Crippen LogP contribution is -2.37. The molecule has 0 saturated carbocycles. The van der Waals surface area contributed by atoms with E-state index in [1.165, 1.54) is 32.0 Å². The lowest BCUT2D eigenvalue weighted by atomic mass is 10.1. The molecule has 0 aliphatic heterocycles. The second-order valence-corrected chi connectivity index (χ2v) is 7.75. The van der Waals surface area contributed by atoms with Gasteiger partial charge < -0.3 is 5.11 Å². The summed E-state index contributed by atoms with van der Waals surface area (Å²) in [6.07, 6.45) is 0. The molecule has 0 spiro atoms. The Kier molecular flexibility index (Phi) is 4.74. The average Bonchev–Trinajstić information content (AvgIpc) is 2.46. The zero-order valence-corrected chi connectivity index (χ0v) is 13.6. The van der Waals surface area contributed by atoms with Gasteiger partial charge in [-0.3, -0.25) is 10.3 Å². The van der Waals surface area contributed by atoms with Crippen LogP contribution in [-0.4, -0.2) is 30.9 Å². The van der Waals surface area contributed by atoms with Crippen LogP contribution in [0.2, 0.25) is 0 Å². The zero-order chi connectivity index (χ0) is 17.3. The van der Waals surface area contributed by atoms with E-state index >= 15 is 0 Å². The molecule has 0 aliphatic rings. The SMILES string of the molecule is CC(C)(O)CN(O)c1ccc(S(=O)(=O)c2ccccc2)cc1F. The molecule has 0 radical (unpaired) electrons. The van der Waals surface area contributed by atoms with Gasteiger partial charge in [-0.1, -0.05) is 18.2 Å². The van der Waals surface area contributed by atoms with Crippen molar-refractivity contribution in [3.8, 4) is 0 Å². The Morgan fingerprint density at radius 1 is 1.09 bits per heavy atom. The summed E-state index contributed by atoms with van der Waals surface area (Å²) in [6.45, 7) is 2.69. The fourth-order valence-corrected chi connectivity index (χ4v) is 3.34. The van der Waals surface area contributed by atoms with E-state index in [1.807, 2.05) is 0 Å². The third kappa shape index (κ3) is 4.07. The van der Waals surface area contributed by atoms with Crippen molar-refractivity contribution in [2.45, 2.75) is 29.2 Å². The van der Waals surface area contributed by atoms with Gasteiger partial charge in [0.05, 0.1) is 27.6 Å². The Labute approximate surface area is 134 Å². The maximum absolute atomic E-state index is 14.2. The van der Waals surface area contributed by atoms with Crippen LogP contribution < -0.4 is 5.06 Å². The summed E-state index contributed by atoms with van der Waals surface area (Å²) < 4.78 is 39.0. The number of benzene rings is 2. The minimum absolute atomic E-state index is 0.0597. The molecule has 0 unspecified atom stereocenters. The highest BCUT2D eigenvalue weighted by Gasteiger charge is 2.23. The van der Waals surface area contributed by atoms with Crippen LogP contribution >= 0.6 is 0 Å². The maximum atomic E-state index is 14.2. The maximum Gasteiger partial charge on any atom is 0.206 e. The number of anilines is 1. The van der Waals surface area contributed by atoms with Gasteiger partial charge in [-0.15, -0.1) is 0 Å². The molecule has 23 heavy (non-hydrogen) atoms. The van der Waals surface area contributed by atoms with Crippen molar-refractivity contribution >= 4 is 15.5 Å². The summed E-state index contributed by atoms with van der Waals surface area (Å²) in [5.74, 6) is -0.895. The summed E-state index contributed by atoms with van der Waals surface area (Å²) in [5, 5.41) is 20.0. The Hall–Kier alpha value is -1.96. The second kappa shape index (κ2) is 6.27. The van der Waals surface area contributed by atoms with E-state index in [0.717, 1.165) is 12.1 Å². The molecule has 0 aliphatic carbocycles. The van der Waals surface area contributed by atoms with Crippen molar-refractivity contribution in [1.82, 2.24) is 0 Å². The van der Waals surface area contributed by atoms with Crippen LogP contribution in [0.5, 0.6) is 0 Å². The minimum Gasteiger partial charge on any atom is -0.389 e. The Morgan fingerprint density at radius 3 is 2.22 bits per heavy atom. The van der Waals surface area contributed by atoms with Crippen LogP contribution in [0.15, 0.2) is 58.3 Å². The third-order valence-electron chi connectivity index (χ3n) is 3.10. The number of rotatable bonds is 5. The highest BCUT2D eigenvalue weighted by molar-refractivity contribution is 7.91. The number of hydrogen-bond acceptors (Lipinski definition) is 5. The van der Waals surface area contributed by atoms with Crippen molar-refractivity contribution in [2.75, 3.05) is 11.6 Å². The fourth-order valence-electron chi connectivity index (χ4n) is 2.05. The number of hydroxylamine groups is 1. The van der Waals surface area contributed by atoms with E-state index < -0.39 is 21.3 Å². The molecular formula is C16H18FNO4S. The zero-order valence-electron chi connectivity index (χ0n) is 12.8. The number of nitrogens with zero attached hydrogens (tertiary/aromatic N) is 1. The molecule has 2 aromatic rings. The molecule has 2 N–H and O–H groups in total. The van der Waals surface area contributed by atoms with Crippen LogP contribution in [0.4, 0.5) is 10.1 Å². The van der Waals surface area contributed by atoms with Crippen LogP contribution in [0.25, 0.3) is 0 Å². The molecule has 0 aromatic heterocycles. The van der Waals surface area contributed by atoms with E-state index in [0.29, 0.717) is 5.06 Å². The summed E-state index contributed by atoms with van der Waals surface area (Å²) in [7, 11) is -3.83. The number of halogens is 1. The molecule has 7 heteroatoms. The highest BCUT2D eigenvalue weighted by Crippen LogP contribution is 2.26.